The van der Waals surface area contributed by atoms with E-state index in [0.29, 0.717) is 26.1 Å². The van der Waals surface area contributed by atoms with Crippen LogP contribution in [0.1, 0.15) is 12.0 Å². The van der Waals surface area contributed by atoms with Gasteiger partial charge in [0.25, 0.3) is 0 Å². The number of fused-ring (bicyclic) bond motifs is 3. The number of aryl methyl sites for hydroxylation is 1. The van der Waals surface area contributed by atoms with Crippen LogP contribution in [0.5, 0.6) is 0 Å². The van der Waals surface area contributed by atoms with Crippen molar-refractivity contribution in [3.8, 4) is 0 Å². The molecule has 0 saturated carbocycles. The molecule has 2 heterocycles. The Morgan fingerprint density at radius 2 is 2.20 bits per heavy atom. The minimum Gasteiger partial charge on any atom is -0.465 e. The van der Waals surface area contributed by atoms with Crippen LogP contribution in [-0.4, -0.2) is 47.7 Å². The third-order valence-electron chi connectivity index (χ3n) is 4.00. The summed E-state index contributed by atoms with van der Waals surface area (Å²) < 4.78 is 0. The van der Waals surface area contributed by atoms with Gasteiger partial charge in [0.05, 0.1) is 17.4 Å². The number of carbonyl (C=O) groups is 2. The molecule has 2 aliphatic heterocycles. The van der Waals surface area contributed by atoms with Gasteiger partial charge in [0.1, 0.15) is 0 Å². The van der Waals surface area contributed by atoms with Crippen LogP contribution >= 0.6 is 0 Å². The molecule has 0 bridgehead atoms. The van der Waals surface area contributed by atoms with Crippen LogP contribution < -0.4 is 10.2 Å². The first-order valence-electron chi connectivity index (χ1n) is 6.70. The molecule has 2 amide bonds. The summed E-state index contributed by atoms with van der Waals surface area (Å²) in [6, 6.07) is 5.82. The summed E-state index contributed by atoms with van der Waals surface area (Å²) in [6.07, 6.45) is -0.600. The van der Waals surface area contributed by atoms with Crippen LogP contribution in [0.15, 0.2) is 18.2 Å². The Kier molecular flexibility index (Phi) is 3.00. The zero-order valence-electron chi connectivity index (χ0n) is 11.3. The largest absolute Gasteiger partial charge is 0.465 e. The Labute approximate surface area is 117 Å². The topological polar surface area (TPSA) is 72.9 Å². The monoisotopic (exact) mass is 275 g/mol. The fourth-order valence-electron chi connectivity index (χ4n) is 2.98. The van der Waals surface area contributed by atoms with Crippen LogP contribution in [0.3, 0.4) is 0 Å². The highest BCUT2D eigenvalue weighted by Gasteiger charge is 2.34. The smallest absolute Gasteiger partial charge is 0.407 e. The van der Waals surface area contributed by atoms with Gasteiger partial charge < -0.3 is 20.2 Å². The van der Waals surface area contributed by atoms with Crippen LogP contribution in [0.2, 0.25) is 0 Å². The summed E-state index contributed by atoms with van der Waals surface area (Å²) in [4.78, 5) is 26.7. The maximum Gasteiger partial charge on any atom is 0.407 e. The van der Waals surface area contributed by atoms with Gasteiger partial charge in [-0.3, -0.25) is 4.79 Å². The fourth-order valence-corrected chi connectivity index (χ4v) is 2.98. The Morgan fingerprint density at radius 1 is 1.40 bits per heavy atom. The Bertz CT molecular complexity index is 573. The van der Waals surface area contributed by atoms with E-state index in [1.807, 2.05) is 25.1 Å². The minimum absolute atomic E-state index is 0.0553. The van der Waals surface area contributed by atoms with Gasteiger partial charge in [-0.15, -0.1) is 0 Å². The molecule has 2 aliphatic rings. The second-order valence-corrected chi connectivity index (χ2v) is 5.30. The van der Waals surface area contributed by atoms with E-state index in [9.17, 15) is 9.59 Å². The lowest BCUT2D eigenvalue weighted by Crippen LogP contribution is -2.54. The zero-order valence-corrected chi connectivity index (χ0v) is 11.3. The van der Waals surface area contributed by atoms with E-state index in [-0.39, 0.29) is 11.9 Å². The van der Waals surface area contributed by atoms with Gasteiger partial charge >= 0.3 is 6.09 Å². The first-order valence-corrected chi connectivity index (χ1v) is 6.70. The molecule has 1 fully saturated rings. The number of amides is 2. The van der Waals surface area contributed by atoms with Crippen LogP contribution in [0, 0.1) is 6.92 Å². The van der Waals surface area contributed by atoms with E-state index in [1.165, 1.54) is 4.90 Å². The van der Waals surface area contributed by atoms with Crippen molar-refractivity contribution in [2.24, 2.45) is 0 Å². The number of anilines is 2. The average Bonchev–Trinajstić information content (AvgIpc) is 2.55. The Hall–Kier alpha value is -2.24. The van der Waals surface area contributed by atoms with Crippen molar-refractivity contribution in [3.63, 3.8) is 0 Å². The molecule has 1 aromatic carbocycles. The van der Waals surface area contributed by atoms with E-state index in [2.05, 4.69) is 10.2 Å². The number of rotatable bonds is 0. The number of nitrogens with one attached hydrogen (secondary N) is 1. The van der Waals surface area contributed by atoms with Gasteiger partial charge in [0, 0.05) is 26.1 Å². The van der Waals surface area contributed by atoms with E-state index >= 15 is 0 Å². The van der Waals surface area contributed by atoms with Crippen LogP contribution in [-0.2, 0) is 4.79 Å². The standard InChI is InChI=1S/C14H17N3O3/c1-9-3-2-4-11-13(9)15-12(18)7-10-8-16(14(19)20)5-6-17(10)11/h2-4,10H,5-8H2,1H3,(H,15,18)(H,19,20). The molecule has 0 spiro atoms. The second kappa shape index (κ2) is 4.70. The summed E-state index contributed by atoms with van der Waals surface area (Å²) in [5.74, 6) is -0.0553. The predicted octanol–water partition coefficient (Wildman–Crippen LogP) is 1.51. The number of benzene rings is 1. The maximum atomic E-state index is 12.0. The minimum atomic E-state index is -0.918. The van der Waals surface area contributed by atoms with Crippen molar-refractivity contribution in [3.05, 3.63) is 23.8 Å². The van der Waals surface area contributed by atoms with Gasteiger partial charge in [0.15, 0.2) is 0 Å². The van der Waals surface area contributed by atoms with Crippen molar-refractivity contribution < 1.29 is 14.7 Å². The summed E-state index contributed by atoms with van der Waals surface area (Å²) in [7, 11) is 0. The molecule has 0 aromatic heterocycles. The molecule has 0 aliphatic carbocycles. The number of carbonyl (C=O) groups excluding carboxylic acids is 1. The number of carboxylic acid groups (broad SMARTS) is 1. The third-order valence-corrected chi connectivity index (χ3v) is 4.00. The molecule has 0 radical (unpaired) electrons. The Morgan fingerprint density at radius 3 is 2.95 bits per heavy atom. The molecule has 1 saturated heterocycles. The van der Waals surface area contributed by atoms with E-state index in [0.717, 1.165) is 16.9 Å². The SMILES string of the molecule is Cc1cccc2c1NC(=O)CC1CN(C(=O)O)CCN21. The van der Waals surface area contributed by atoms with Gasteiger partial charge in [-0.25, -0.2) is 4.79 Å². The number of nitrogens with zero attached hydrogens (tertiary/aromatic N) is 2. The highest BCUT2D eigenvalue weighted by molar-refractivity contribution is 5.98. The molecule has 20 heavy (non-hydrogen) atoms. The number of hydrogen-bond donors (Lipinski definition) is 2. The van der Waals surface area contributed by atoms with Crippen molar-refractivity contribution in [1.29, 1.82) is 0 Å². The van der Waals surface area contributed by atoms with E-state index < -0.39 is 6.09 Å². The summed E-state index contributed by atoms with van der Waals surface area (Å²) in [5, 5.41) is 12.1. The second-order valence-electron chi connectivity index (χ2n) is 5.30. The van der Waals surface area contributed by atoms with Gasteiger partial charge in [-0.1, -0.05) is 12.1 Å². The van der Waals surface area contributed by atoms with E-state index in [4.69, 9.17) is 5.11 Å². The molecular formula is C14H17N3O3. The van der Waals surface area contributed by atoms with Crippen molar-refractivity contribution in [2.75, 3.05) is 29.9 Å². The Balaban J connectivity index is 1.98. The molecule has 1 aromatic rings. The molecule has 3 rings (SSSR count). The predicted molar refractivity (Wildman–Crippen MR) is 75.2 cm³/mol. The van der Waals surface area contributed by atoms with Crippen molar-refractivity contribution in [1.82, 2.24) is 4.90 Å². The van der Waals surface area contributed by atoms with Gasteiger partial charge in [-0.05, 0) is 18.6 Å². The van der Waals surface area contributed by atoms with Gasteiger partial charge in [0.2, 0.25) is 5.91 Å². The normalized spacial score (nSPS) is 21.6. The fraction of sp³-hybridized carbons (Fsp3) is 0.429. The molecule has 6 nitrogen and oxygen atoms in total. The first-order chi connectivity index (χ1) is 9.56. The quantitative estimate of drug-likeness (QED) is 0.752. The lowest BCUT2D eigenvalue weighted by Gasteiger charge is -2.40. The third kappa shape index (κ3) is 2.07. The summed E-state index contributed by atoms with van der Waals surface area (Å²) in [6.45, 7) is 3.42. The summed E-state index contributed by atoms with van der Waals surface area (Å²) >= 11 is 0. The maximum absolute atomic E-state index is 12.0. The first kappa shape index (κ1) is 12.8. The molecule has 2 N–H and O–H groups in total. The van der Waals surface area contributed by atoms with Crippen LogP contribution in [0.25, 0.3) is 0 Å². The lowest BCUT2D eigenvalue weighted by atomic mass is 10.1. The summed E-state index contributed by atoms with van der Waals surface area (Å²) in [5.41, 5.74) is 2.87. The highest BCUT2D eigenvalue weighted by atomic mass is 16.4. The van der Waals surface area contributed by atoms with E-state index in [1.54, 1.807) is 0 Å². The number of hydrogen-bond acceptors (Lipinski definition) is 3. The van der Waals surface area contributed by atoms with Crippen molar-refractivity contribution >= 4 is 23.4 Å². The molecule has 106 valence electrons. The molecule has 6 heteroatoms. The number of piperazine rings is 1. The molecule has 1 atom stereocenters. The highest BCUT2D eigenvalue weighted by Crippen LogP contribution is 2.35. The van der Waals surface area contributed by atoms with Gasteiger partial charge in [-0.2, -0.15) is 0 Å². The van der Waals surface area contributed by atoms with Crippen molar-refractivity contribution in [2.45, 2.75) is 19.4 Å². The molecule has 1 unspecified atom stereocenters. The zero-order chi connectivity index (χ0) is 14.3. The lowest BCUT2D eigenvalue weighted by molar-refractivity contribution is -0.116. The average molecular weight is 275 g/mol. The molecular weight excluding hydrogens is 258 g/mol. The van der Waals surface area contributed by atoms with Crippen LogP contribution in [0.4, 0.5) is 16.2 Å². The number of para-hydroxylation sites is 1.